The molecule has 2 rings (SSSR count). The van der Waals surface area contributed by atoms with Crippen molar-refractivity contribution in [2.75, 3.05) is 20.8 Å². The van der Waals surface area contributed by atoms with Gasteiger partial charge in [-0.05, 0) is 36.1 Å². The molecule has 4 nitrogen and oxygen atoms in total. The van der Waals surface area contributed by atoms with Crippen LogP contribution in [0.5, 0.6) is 5.75 Å². The van der Waals surface area contributed by atoms with Gasteiger partial charge in [0.1, 0.15) is 5.75 Å². The van der Waals surface area contributed by atoms with Gasteiger partial charge < -0.3 is 14.2 Å². The zero-order valence-corrected chi connectivity index (χ0v) is 18.4. The minimum absolute atomic E-state index is 0.124. The van der Waals surface area contributed by atoms with Crippen LogP contribution >= 0.6 is 0 Å². The minimum atomic E-state index is -1.79. The molecule has 0 aliphatic rings. The van der Waals surface area contributed by atoms with E-state index in [2.05, 4.69) is 37.4 Å². The molecule has 0 aliphatic heterocycles. The molecule has 0 N–H and O–H groups in total. The van der Waals surface area contributed by atoms with Crippen LogP contribution in [0.25, 0.3) is 0 Å². The first-order valence-electron chi connectivity index (χ1n) is 9.80. The molecule has 0 radical (unpaired) electrons. The van der Waals surface area contributed by atoms with Gasteiger partial charge in [-0.15, -0.1) is 0 Å². The molecule has 0 heterocycles. The Morgan fingerprint density at radius 3 is 2.29 bits per heavy atom. The van der Waals surface area contributed by atoms with Crippen LogP contribution in [0.1, 0.15) is 24.8 Å². The first-order chi connectivity index (χ1) is 13.5. The van der Waals surface area contributed by atoms with E-state index in [9.17, 15) is 4.79 Å². The van der Waals surface area contributed by atoms with Crippen molar-refractivity contribution in [1.29, 1.82) is 0 Å². The minimum Gasteiger partial charge on any atom is -0.497 e. The molecule has 5 heteroatoms. The third kappa shape index (κ3) is 6.50. The third-order valence-corrected chi connectivity index (χ3v) is 9.80. The normalized spacial score (nSPS) is 12.4. The zero-order chi connectivity index (χ0) is 20.4. The van der Waals surface area contributed by atoms with E-state index >= 15 is 0 Å². The highest BCUT2D eigenvalue weighted by Gasteiger charge is 2.34. The fourth-order valence-corrected chi connectivity index (χ4v) is 6.58. The number of benzene rings is 2. The monoisotopic (exact) mass is 400 g/mol. The lowest BCUT2D eigenvalue weighted by molar-refractivity contribution is -0.140. The Kier molecular flexibility index (Phi) is 8.73. The lowest BCUT2D eigenvalue weighted by atomic mass is 10.2. The van der Waals surface area contributed by atoms with E-state index in [4.69, 9.17) is 14.2 Å². The summed E-state index contributed by atoms with van der Waals surface area (Å²) >= 11 is 0. The number of hydrogen-bond acceptors (Lipinski definition) is 4. The lowest BCUT2D eigenvalue weighted by Crippen LogP contribution is -2.46. The standard InChI is InChI=1S/C23H32O4Si/c1-25-20-14-12-19(13-15-20)18-27-16-8-11-22(17-23(24)26-2)28(3,4)21-9-6-5-7-10-21/h5-7,9-10,12-15,22H,8,11,16-18H2,1-4H3. The zero-order valence-electron chi connectivity index (χ0n) is 17.4. The molecular formula is C23H32O4Si. The highest BCUT2D eigenvalue weighted by Crippen LogP contribution is 2.31. The average Bonchev–Trinajstić information content (AvgIpc) is 2.73. The molecule has 0 saturated heterocycles. The van der Waals surface area contributed by atoms with E-state index in [0.717, 1.165) is 24.2 Å². The van der Waals surface area contributed by atoms with Crippen LogP contribution in [0.2, 0.25) is 18.6 Å². The molecular weight excluding hydrogens is 368 g/mol. The van der Waals surface area contributed by atoms with Gasteiger partial charge in [0, 0.05) is 13.0 Å². The molecule has 2 aromatic rings. The fraction of sp³-hybridized carbons (Fsp3) is 0.435. The van der Waals surface area contributed by atoms with Crippen LogP contribution in [0, 0.1) is 0 Å². The summed E-state index contributed by atoms with van der Waals surface area (Å²) in [4.78, 5) is 12.0. The predicted molar refractivity (Wildman–Crippen MR) is 116 cm³/mol. The van der Waals surface area contributed by atoms with Crippen LogP contribution in [0.15, 0.2) is 54.6 Å². The van der Waals surface area contributed by atoms with Gasteiger partial charge in [-0.1, -0.05) is 60.7 Å². The molecule has 0 fully saturated rings. The molecule has 0 saturated carbocycles. The van der Waals surface area contributed by atoms with Crippen LogP contribution in [0.4, 0.5) is 0 Å². The summed E-state index contributed by atoms with van der Waals surface area (Å²) in [5.74, 6) is 0.725. The van der Waals surface area contributed by atoms with E-state index in [1.54, 1.807) is 7.11 Å². The predicted octanol–water partition coefficient (Wildman–Crippen LogP) is 4.54. The van der Waals surface area contributed by atoms with Gasteiger partial charge >= 0.3 is 5.97 Å². The molecule has 0 spiro atoms. The molecule has 1 unspecified atom stereocenters. The average molecular weight is 401 g/mol. The number of carbonyl (C=O) groups excluding carboxylic acids is 1. The molecule has 0 bridgehead atoms. The van der Waals surface area contributed by atoms with E-state index < -0.39 is 8.07 Å². The maximum absolute atomic E-state index is 12.0. The Morgan fingerprint density at radius 2 is 1.68 bits per heavy atom. The van der Waals surface area contributed by atoms with Crippen molar-refractivity contribution in [2.24, 2.45) is 0 Å². The third-order valence-electron chi connectivity index (χ3n) is 5.45. The van der Waals surface area contributed by atoms with Crippen molar-refractivity contribution >= 4 is 19.2 Å². The van der Waals surface area contributed by atoms with Crippen molar-refractivity contribution < 1.29 is 19.0 Å². The quantitative estimate of drug-likeness (QED) is 0.316. The molecule has 0 aliphatic carbocycles. The van der Waals surface area contributed by atoms with Crippen molar-refractivity contribution in [3.63, 3.8) is 0 Å². The van der Waals surface area contributed by atoms with E-state index in [-0.39, 0.29) is 5.97 Å². The second kappa shape index (κ2) is 11.0. The molecule has 2 aromatic carbocycles. The second-order valence-corrected chi connectivity index (χ2v) is 12.4. The van der Waals surface area contributed by atoms with Crippen LogP contribution in [-0.4, -0.2) is 34.9 Å². The van der Waals surface area contributed by atoms with Crippen LogP contribution in [-0.2, 0) is 20.9 Å². The summed E-state index contributed by atoms with van der Waals surface area (Å²) in [6, 6.07) is 18.5. The van der Waals surface area contributed by atoms with Gasteiger partial charge in [0.15, 0.2) is 0 Å². The first-order valence-corrected chi connectivity index (χ1v) is 12.9. The number of carbonyl (C=O) groups is 1. The summed E-state index contributed by atoms with van der Waals surface area (Å²) < 4.78 is 16.0. The SMILES string of the molecule is COC(=O)CC(CCCOCc1ccc(OC)cc1)[Si](C)(C)c1ccccc1. The molecule has 152 valence electrons. The van der Waals surface area contributed by atoms with Crippen molar-refractivity contribution in [1.82, 2.24) is 0 Å². The van der Waals surface area contributed by atoms with Crippen LogP contribution < -0.4 is 9.92 Å². The smallest absolute Gasteiger partial charge is 0.305 e. The highest BCUT2D eigenvalue weighted by molar-refractivity contribution is 6.91. The summed E-state index contributed by atoms with van der Waals surface area (Å²) in [6.45, 7) is 5.95. The lowest BCUT2D eigenvalue weighted by Gasteiger charge is -2.32. The number of ether oxygens (including phenoxy) is 3. The summed E-state index contributed by atoms with van der Waals surface area (Å²) in [6.07, 6.45) is 2.37. The Labute approximate surface area is 169 Å². The number of methoxy groups -OCH3 is 2. The van der Waals surface area contributed by atoms with Gasteiger partial charge in [-0.25, -0.2) is 0 Å². The van der Waals surface area contributed by atoms with E-state index in [1.165, 1.54) is 12.3 Å². The van der Waals surface area contributed by atoms with Crippen molar-refractivity contribution in [3.05, 3.63) is 60.2 Å². The molecule has 28 heavy (non-hydrogen) atoms. The maximum atomic E-state index is 12.0. The van der Waals surface area contributed by atoms with E-state index in [1.807, 2.05) is 30.3 Å². The Morgan fingerprint density at radius 1 is 1.00 bits per heavy atom. The number of rotatable bonds is 11. The van der Waals surface area contributed by atoms with Gasteiger partial charge in [0.2, 0.25) is 0 Å². The highest BCUT2D eigenvalue weighted by atomic mass is 28.3. The molecule has 0 aromatic heterocycles. The van der Waals surface area contributed by atoms with Gasteiger partial charge in [-0.3, -0.25) is 4.79 Å². The molecule has 0 amide bonds. The number of hydrogen-bond donors (Lipinski definition) is 0. The van der Waals surface area contributed by atoms with Gasteiger partial charge in [0.05, 0.1) is 28.9 Å². The first kappa shape index (κ1) is 22.2. The van der Waals surface area contributed by atoms with Crippen LogP contribution in [0.3, 0.4) is 0 Å². The Hall–Kier alpha value is -2.11. The Balaban J connectivity index is 1.88. The van der Waals surface area contributed by atoms with Crippen molar-refractivity contribution in [3.8, 4) is 5.75 Å². The summed E-state index contributed by atoms with van der Waals surface area (Å²) in [5.41, 5.74) is 1.46. The Bertz CT molecular complexity index is 713. The van der Waals surface area contributed by atoms with Gasteiger partial charge in [-0.2, -0.15) is 0 Å². The topological polar surface area (TPSA) is 44.8 Å². The fourth-order valence-electron chi connectivity index (χ4n) is 3.45. The summed E-state index contributed by atoms with van der Waals surface area (Å²) in [5, 5.41) is 1.38. The van der Waals surface area contributed by atoms with Gasteiger partial charge in [0.25, 0.3) is 0 Å². The van der Waals surface area contributed by atoms with E-state index in [0.29, 0.717) is 25.2 Å². The maximum Gasteiger partial charge on any atom is 0.305 e. The summed E-state index contributed by atoms with van der Waals surface area (Å²) in [7, 11) is 1.34. The molecule has 1 atom stereocenters. The van der Waals surface area contributed by atoms with Crippen molar-refractivity contribution in [2.45, 2.75) is 44.5 Å². The number of esters is 1. The largest absolute Gasteiger partial charge is 0.497 e. The second-order valence-electron chi connectivity index (χ2n) is 7.61.